The van der Waals surface area contributed by atoms with E-state index in [4.69, 9.17) is 4.74 Å². The van der Waals surface area contributed by atoms with Gasteiger partial charge in [-0.15, -0.1) is 0 Å². The number of ether oxygens (including phenoxy) is 1. The Hall–Kier alpha value is -2.27. The highest BCUT2D eigenvalue weighted by molar-refractivity contribution is 5.95. The molecule has 1 amide bonds. The third-order valence-corrected chi connectivity index (χ3v) is 3.32. The fourth-order valence-corrected chi connectivity index (χ4v) is 2.30. The predicted molar refractivity (Wildman–Crippen MR) is 85.1 cm³/mol. The van der Waals surface area contributed by atoms with Crippen molar-refractivity contribution in [2.24, 2.45) is 0 Å². The molecule has 3 nitrogen and oxygen atoms in total. The first-order chi connectivity index (χ1) is 10.9. The molecule has 0 saturated heterocycles. The van der Waals surface area contributed by atoms with Gasteiger partial charge in [-0.1, -0.05) is 12.1 Å². The van der Waals surface area contributed by atoms with E-state index in [9.17, 15) is 13.6 Å². The molecule has 2 rings (SSSR count). The first-order valence-corrected chi connectivity index (χ1v) is 7.30. The Morgan fingerprint density at radius 2 is 1.87 bits per heavy atom. The van der Waals surface area contributed by atoms with Crippen molar-refractivity contribution in [3.8, 4) is 11.1 Å². The maximum atomic E-state index is 13.5. The average molecular weight is 319 g/mol. The molecule has 0 atom stereocenters. The Bertz CT molecular complexity index is 714. The van der Waals surface area contributed by atoms with Crippen LogP contribution in [0.3, 0.4) is 0 Å². The molecule has 0 aliphatic carbocycles. The van der Waals surface area contributed by atoms with Crippen LogP contribution in [-0.4, -0.2) is 19.1 Å². The van der Waals surface area contributed by atoms with E-state index in [2.05, 4.69) is 5.32 Å². The molecule has 23 heavy (non-hydrogen) atoms. The van der Waals surface area contributed by atoms with Crippen LogP contribution in [0.1, 0.15) is 29.8 Å². The lowest BCUT2D eigenvalue weighted by atomic mass is 9.97. The summed E-state index contributed by atoms with van der Waals surface area (Å²) in [4.78, 5) is 12.1. The first-order valence-electron chi connectivity index (χ1n) is 7.30. The van der Waals surface area contributed by atoms with Crippen LogP contribution in [0.15, 0.2) is 36.4 Å². The average Bonchev–Trinajstić information content (AvgIpc) is 2.50. The van der Waals surface area contributed by atoms with E-state index >= 15 is 0 Å². The fourth-order valence-electron chi connectivity index (χ4n) is 2.30. The van der Waals surface area contributed by atoms with Crippen LogP contribution >= 0.6 is 0 Å². The molecule has 0 fully saturated rings. The standard InChI is InChI=1S/C18H19F2NO2/c1-11(2)21-18(22)13-4-6-15(14(8-13)10-23-3)12-5-7-16(19)17(20)9-12/h4-9,11H,10H2,1-3H3,(H,21,22). The molecule has 0 aromatic heterocycles. The number of hydrogen-bond donors (Lipinski definition) is 1. The third kappa shape index (κ3) is 4.13. The summed E-state index contributed by atoms with van der Waals surface area (Å²) in [5, 5.41) is 2.81. The lowest BCUT2D eigenvalue weighted by molar-refractivity contribution is 0.0943. The number of rotatable bonds is 5. The lowest BCUT2D eigenvalue weighted by Crippen LogP contribution is -2.30. The number of nitrogens with one attached hydrogen (secondary N) is 1. The van der Waals surface area contributed by atoms with E-state index in [0.717, 1.165) is 17.7 Å². The summed E-state index contributed by atoms with van der Waals surface area (Å²) in [5.74, 6) is -1.99. The van der Waals surface area contributed by atoms with Gasteiger partial charge in [0.25, 0.3) is 5.91 Å². The minimum absolute atomic E-state index is 0.0271. The van der Waals surface area contributed by atoms with Crippen LogP contribution in [0.25, 0.3) is 11.1 Å². The number of carbonyl (C=O) groups excluding carboxylic acids is 1. The van der Waals surface area contributed by atoms with Crippen molar-refractivity contribution >= 4 is 5.91 Å². The molecule has 0 bridgehead atoms. The quantitative estimate of drug-likeness (QED) is 0.907. The Kier molecular flexibility index (Phi) is 5.45. The minimum atomic E-state index is -0.910. The summed E-state index contributed by atoms with van der Waals surface area (Å²) in [6, 6.07) is 8.83. The zero-order valence-electron chi connectivity index (χ0n) is 13.3. The normalized spacial score (nSPS) is 10.9. The molecule has 0 heterocycles. The highest BCUT2D eigenvalue weighted by Crippen LogP contribution is 2.27. The topological polar surface area (TPSA) is 38.3 Å². The predicted octanol–water partition coefficient (Wildman–Crippen LogP) is 3.92. The van der Waals surface area contributed by atoms with Gasteiger partial charge in [-0.3, -0.25) is 4.79 Å². The van der Waals surface area contributed by atoms with Gasteiger partial charge in [-0.05, 0) is 54.8 Å². The SMILES string of the molecule is COCc1cc(C(=O)NC(C)C)ccc1-c1ccc(F)c(F)c1. The lowest BCUT2D eigenvalue weighted by Gasteiger charge is -2.13. The van der Waals surface area contributed by atoms with Crippen molar-refractivity contribution in [2.45, 2.75) is 26.5 Å². The molecule has 122 valence electrons. The maximum Gasteiger partial charge on any atom is 0.251 e. The molecule has 0 radical (unpaired) electrons. The molecular weight excluding hydrogens is 300 g/mol. The van der Waals surface area contributed by atoms with E-state index in [1.165, 1.54) is 13.2 Å². The van der Waals surface area contributed by atoms with Crippen LogP contribution in [0, 0.1) is 11.6 Å². The summed E-state index contributed by atoms with van der Waals surface area (Å²) < 4.78 is 31.7. The molecule has 0 aliphatic heterocycles. The van der Waals surface area contributed by atoms with Crippen LogP contribution in [0.2, 0.25) is 0 Å². The van der Waals surface area contributed by atoms with Gasteiger partial charge in [0.15, 0.2) is 11.6 Å². The summed E-state index contributed by atoms with van der Waals surface area (Å²) in [6.07, 6.45) is 0. The van der Waals surface area contributed by atoms with E-state index in [1.54, 1.807) is 18.2 Å². The molecule has 0 unspecified atom stereocenters. The molecule has 0 saturated carbocycles. The molecule has 5 heteroatoms. The zero-order valence-corrected chi connectivity index (χ0v) is 13.3. The van der Waals surface area contributed by atoms with Crippen molar-refractivity contribution in [3.63, 3.8) is 0 Å². The Balaban J connectivity index is 2.43. The van der Waals surface area contributed by atoms with Crippen molar-refractivity contribution in [1.29, 1.82) is 0 Å². The smallest absolute Gasteiger partial charge is 0.251 e. The monoisotopic (exact) mass is 319 g/mol. The molecular formula is C18H19F2NO2. The van der Waals surface area contributed by atoms with Crippen molar-refractivity contribution < 1.29 is 18.3 Å². The van der Waals surface area contributed by atoms with E-state index < -0.39 is 11.6 Å². The van der Waals surface area contributed by atoms with Gasteiger partial charge in [-0.25, -0.2) is 8.78 Å². The number of hydrogen-bond acceptors (Lipinski definition) is 2. The number of carbonyl (C=O) groups is 1. The Labute approximate surface area is 134 Å². The summed E-state index contributed by atoms with van der Waals surface area (Å²) >= 11 is 0. The Morgan fingerprint density at radius 3 is 2.48 bits per heavy atom. The van der Waals surface area contributed by atoms with E-state index in [-0.39, 0.29) is 18.6 Å². The van der Waals surface area contributed by atoms with Gasteiger partial charge >= 0.3 is 0 Å². The van der Waals surface area contributed by atoms with Gasteiger partial charge in [0.1, 0.15) is 0 Å². The zero-order chi connectivity index (χ0) is 17.0. The molecule has 0 spiro atoms. The van der Waals surface area contributed by atoms with Gasteiger partial charge in [-0.2, -0.15) is 0 Å². The second kappa shape index (κ2) is 7.33. The summed E-state index contributed by atoms with van der Waals surface area (Å²) in [6.45, 7) is 4.02. The van der Waals surface area contributed by atoms with Crippen molar-refractivity contribution in [3.05, 3.63) is 59.2 Å². The largest absolute Gasteiger partial charge is 0.380 e. The second-order valence-corrected chi connectivity index (χ2v) is 5.56. The highest BCUT2D eigenvalue weighted by Gasteiger charge is 2.13. The first kappa shape index (κ1) is 17.1. The van der Waals surface area contributed by atoms with Gasteiger partial charge in [0.05, 0.1) is 6.61 Å². The van der Waals surface area contributed by atoms with Crippen molar-refractivity contribution in [2.75, 3.05) is 7.11 Å². The highest BCUT2D eigenvalue weighted by atomic mass is 19.2. The van der Waals surface area contributed by atoms with Gasteiger partial charge in [0, 0.05) is 18.7 Å². The van der Waals surface area contributed by atoms with Crippen LogP contribution in [0.4, 0.5) is 8.78 Å². The van der Waals surface area contributed by atoms with E-state index in [0.29, 0.717) is 16.7 Å². The van der Waals surface area contributed by atoms with Crippen LogP contribution < -0.4 is 5.32 Å². The number of halogens is 2. The van der Waals surface area contributed by atoms with E-state index in [1.807, 2.05) is 13.8 Å². The Morgan fingerprint density at radius 1 is 1.13 bits per heavy atom. The van der Waals surface area contributed by atoms with Gasteiger partial charge in [0.2, 0.25) is 0 Å². The van der Waals surface area contributed by atoms with Crippen LogP contribution in [0.5, 0.6) is 0 Å². The molecule has 2 aromatic rings. The summed E-state index contributed by atoms with van der Waals surface area (Å²) in [7, 11) is 1.54. The fraction of sp³-hybridized carbons (Fsp3) is 0.278. The number of benzene rings is 2. The third-order valence-electron chi connectivity index (χ3n) is 3.32. The molecule has 1 N–H and O–H groups in total. The molecule has 2 aromatic carbocycles. The van der Waals surface area contributed by atoms with Gasteiger partial charge < -0.3 is 10.1 Å². The van der Waals surface area contributed by atoms with Crippen LogP contribution in [-0.2, 0) is 11.3 Å². The number of methoxy groups -OCH3 is 1. The second-order valence-electron chi connectivity index (χ2n) is 5.56. The minimum Gasteiger partial charge on any atom is -0.380 e. The van der Waals surface area contributed by atoms with Crippen molar-refractivity contribution in [1.82, 2.24) is 5.32 Å². The maximum absolute atomic E-state index is 13.5. The summed E-state index contributed by atoms with van der Waals surface area (Å²) in [5.41, 5.74) is 2.46. The number of amides is 1. The molecule has 0 aliphatic rings.